The van der Waals surface area contributed by atoms with Crippen molar-refractivity contribution in [1.29, 1.82) is 0 Å². The SMILES string of the molecule is CCCC1CNCCC12CSC(C)C2. The Morgan fingerprint density at radius 1 is 1.50 bits per heavy atom. The molecule has 14 heavy (non-hydrogen) atoms. The molecule has 2 rings (SSSR count). The van der Waals surface area contributed by atoms with Crippen LogP contribution in [0.5, 0.6) is 0 Å². The van der Waals surface area contributed by atoms with Gasteiger partial charge in [-0.05, 0) is 49.4 Å². The van der Waals surface area contributed by atoms with Crippen LogP contribution in [0, 0.1) is 11.3 Å². The van der Waals surface area contributed by atoms with Gasteiger partial charge in [0.05, 0.1) is 0 Å². The van der Waals surface area contributed by atoms with Gasteiger partial charge in [0.15, 0.2) is 0 Å². The summed E-state index contributed by atoms with van der Waals surface area (Å²) in [6.45, 7) is 7.27. The van der Waals surface area contributed by atoms with Gasteiger partial charge in [-0.2, -0.15) is 11.8 Å². The number of nitrogens with one attached hydrogen (secondary N) is 1. The van der Waals surface area contributed by atoms with Crippen LogP contribution in [-0.2, 0) is 0 Å². The van der Waals surface area contributed by atoms with Crippen LogP contribution in [0.1, 0.15) is 39.5 Å². The molecule has 3 atom stereocenters. The summed E-state index contributed by atoms with van der Waals surface area (Å²) < 4.78 is 0. The van der Waals surface area contributed by atoms with Gasteiger partial charge in [0, 0.05) is 5.25 Å². The number of hydrogen-bond acceptors (Lipinski definition) is 2. The van der Waals surface area contributed by atoms with Gasteiger partial charge >= 0.3 is 0 Å². The maximum atomic E-state index is 3.58. The fraction of sp³-hybridized carbons (Fsp3) is 1.00. The fourth-order valence-electron chi connectivity index (χ4n) is 3.25. The van der Waals surface area contributed by atoms with E-state index in [-0.39, 0.29) is 0 Å². The molecule has 1 N–H and O–H groups in total. The monoisotopic (exact) mass is 213 g/mol. The molecular formula is C12H23NS. The van der Waals surface area contributed by atoms with Crippen LogP contribution in [0.15, 0.2) is 0 Å². The molecule has 2 heterocycles. The molecule has 0 aliphatic carbocycles. The second-order valence-corrected chi connectivity index (χ2v) is 6.55. The van der Waals surface area contributed by atoms with Gasteiger partial charge in [0.2, 0.25) is 0 Å². The molecule has 0 aromatic carbocycles. The summed E-state index contributed by atoms with van der Waals surface area (Å²) in [6.07, 6.45) is 5.69. The number of hydrogen-bond donors (Lipinski definition) is 1. The van der Waals surface area contributed by atoms with E-state index in [1.54, 1.807) is 0 Å². The van der Waals surface area contributed by atoms with Crippen LogP contribution < -0.4 is 5.32 Å². The van der Waals surface area contributed by atoms with Crippen molar-refractivity contribution in [2.45, 2.75) is 44.8 Å². The minimum absolute atomic E-state index is 0.714. The minimum atomic E-state index is 0.714. The lowest BCUT2D eigenvalue weighted by Crippen LogP contribution is -2.45. The summed E-state index contributed by atoms with van der Waals surface area (Å²) in [5.41, 5.74) is 0.714. The van der Waals surface area contributed by atoms with E-state index >= 15 is 0 Å². The van der Waals surface area contributed by atoms with Crippen LogP contribution in [0.3, 0.4) is 0 Å². The standard InChI is InChI=1S/C12H23NS/c1-3-4-11-8-13-6-5-12(11)7-10(2)14-9-12/h10-11,13H,3-9H2,1-2H3. The van der Waals surface area contributed by atoms with E-state index in [0.717, 1.165) is 11.2 Å². The molecule has 0 saturated carbocycles. The Morgan fingerprint density at radius 2 is 2.36 bits per heavy atom. The van der Waals surface area contributed by atoms with E-state index in [9.17, 15) is 0 Å². The first kappa shape index (κ1) is 10.8. The summed E-state index contributed by atoms with van der Waals surface area (Å²) in [5.74, 6) is 2.39. The van der Waals surface area contributed by atoms with Crippen molar-refractivity contribution in [2.75, 3.05) is 18.8 Å². The Balaban J connectivity index is 2.05. The summed E-state index contributed by atoms with van der Waals surface area (Å²) in [5, 5.41) is 4.49. The maximum Gasteiger partial charge on any atom is 0.00246 e. The van der Waals surface area contributed by atoms with E-state index in [1.807, 2.05) is 0 Å². The second kappa shape index (κ2) is 4.44. The molecule has 2 aliphatic heterocycles. The van der Waals surface area contributed by atoms with Gasteiger partial charge in [0.25, 0.3) is 0 Å². The van der Waals surface area contributed by atoms with Crippen molar-refractivity contribution in [3.8, 4) is 0 Å². The normalized spacial score (nSPS) is 43.3. The molecule has 82 valence electrons. The van der Waals surface area contributed by atoms with Crippen molar-refractivity contribution in [3.63, 3.8) is 0 Å². The number of thioether (sulfide) groups is 1. The Hall–Kier alpha value is 0.310. The van der Waals surface area contributed by atoms with Crippen LogP contribution in [0.4, 0.5) is 0 Å². The molecule has 2 saturated heterocycles. The fourth-order valence-corrected chi connectivity index (χ4v) is 4.81. The van der Waals surface area contributed by atoms with Crippen molar-refractivity contribution >= 4 is 11.8 Å². The molecule has 0 amide bonds. The van der Waals surface area contributed by atoms with E-state index in [4.69, 9.17) is 0 Å². The molecule has 1 nitrogen and oxygen atoms in total. The van der Waals surface area contributed by atoms with Crippen molar-refractivity contribution in [1.82, 2.24) is 5.32 Å². The lowest BCUT2D eigenvalue weighted by molar-refractivity contribution is 0.124. The average molecular weight is 213 g/mol. The quantitative estimate of drug-likeness (QED) is 0.757. The molecule has 2 heteroatoms. The summed E-state index contributed by atoms with van der Waals surface area (Å²) in [7, 11) is 0. The molecule has 0 bridgehead atoms. The Morgan fingerprint density at radius 3 is 3.00 bits per heavy atom. The molecule has 0 aromatic heterocycles. The molecule has 2 fully saturated rings. The molecule has 2 aliphatic rings. The zero-order valence-electron chi connectivity index (χ0n) is 9.51. The van der Waals surface area contributed by atoms with E-state index in [2.05, 4.69) is 30.9 Å². The molecule has 3 unspecified atom stereocenters. The molecular weight excluding hydrogens is 190 g/mol. The van der Waals surface area contributed by atoms with Crippen molar-refractivity contribution < 1.29 is 0 Å². The van der Waals surface area contributed by atoms with Gasteiger partial charge in [-0.25, -0.2) is 0 Å². The first-order valence-corrected chi connectivity index (χ1v) is 7.14. The first-order valence-electron chi connectivity index (χ1n) is 6.09. The van der Waals surface area contributed by atoms with Crippen LogP contribution in [-0.4, -0.2) is 24.1 Å². The topological polar surface area (TPSA) is 12.0 Å². The van der Waals surface area contributed by atoms with Crippen LogP contribution >= 0.6 is 11.8 Å². The van der Waals surface area contributed by atoms with Crippen molar-refractivity contribution in [2.24, 2.45) is 11.3 Å². The highest BCUT2D eigenvalue weighted by molar-refractivity contribution is 8.00. The predicted molar refractivity (Wildman–Crippen MR) is 64.9 cm³/mol. The van der Waals surface area contributed by atoms with Crippen LogP contribution in [0.25, 0.3) is 0 Å². The lowest BCUT2D eigenvalue weighted by Gasteiger charge is -2.41. The third-order valence-electron chi connectivity index (χ3n) is 4.04. The Bertz CT molecular complexity index is 189. The van der Waals surface area contributed by atoms with Crippen molar-refractivity contribution in [3.05, 3.63) is 0 Å². The van der Waals surface area contributed by atoms with Crippen LogP contribution in [0.2, 0.25) is 0 Å². The molecule has 1 spiro atoms. The summed E-state index contributed by atoms with van der Waals surface area (Å²) in [6, 6.07) is 0. The summed E-state index contributed by atoms with van der Waals surface area (Å²) >= 11 is 2.20. The third-order valence-corrected chi connectivity index (χ3v) is 5.52. The average Bonchev–Trinajstić information content (AvgIpc) is 2.53. The highest BCUT2D eigenvalue weighted by atomic mass is 32.2. The zero-order chi connectivity index (χ0) is 10.0. The van der Waals surface area contributed by atoms with E-state index in [1.165, 1.54) is 44.5 Å². The lowest BCUT2D eigenvalue weighted by atomic mass is 9.68. The Kier molecular flexibility index (Phi) is 3.43. The molecule has 0 radical (unpaired) electrons. The largest absolute Gasteiger partial charge is 0.316 e. The van der Waals surface area contributed by atoms with E-state index < -0.39 is 0 Å². The van der Waals surface area contributed by atoms with Gasteiger partial charge < -0.3 is 5.32 Å². The van der Waals surface area contributed by atoms with Gasteiger partial charge in [-0.1, -0.05) is 20.3 Å². The second-order valence-electron chi connectivity index (χ2n) is 5.13. The number of piperidine rings is 1. The van der Waals surface area contributed by atoms with Gasteiger partial charge in [-0.3, -0.25) is 0 Å². The van der Waals surface area contributed by atoms with Gasteiger partial charge in [0.1, 0.15) is 0 Å². The highest BCUT2D eigenvalue weighted by Gasteiger charge is 2.44. The van der Waals surface area contributed by atoms with E-state index in [0.29, 0.717) is 5.41 Å². The minimum Gasteiger partial charge on any atom is -0.316 e. The maximum absolute atomic E-state index is 3.58. The van der Waals surface area contributed by atoms with Gasteiger partial charge in [-0.15, -0.1) is 0 Å². The smallest absolute Gasteiger partial charge is 0.00246 e. The number of rotatable bonds is 2. The first-order chi connectivity index (χ1) is 6.77. The Labute approximate surface area is 92.4 Å². The third kappa shape index (κ3) is 1.96. The predicted octanol–water partition coefficient (Wildman–Crippen LogP) is 2.91. The zero-order valence-corrected chi connectivity index (χ0v) is 10.3. The highest BCUT2D eigenvalue weighted by Crippen LogP contribution is 2.50. The summed E-state index contributed by atoms with van der Waals surface area (Å²) in [4.78, 5) is 0. The molecule has 0 aromatic rings.